The van der Waals surface area contributed by atoms with Crippen LogP contribution < -0.4 is 4.90 Å². The van der Waals surface area contributed by atoms with Gasteiger partial charge >= 0.3 is 0 Å². The maximum absolute atomic E-state index is 4.93. The number of fused-ring (bicyclic) bond motifs is 2. The molecule has 4 aromatic rings. The van der Waals surface area contributed by atoms with Crippen molar-refractivity contribution >= 4 is 32.9 Å². The predicted octanol–water partition coefficient (Wildman–Crippen LogP) is 4.85. The van der Waals surface area contributed by atoms with E-state index in [2.05, 4.69) is 59.3 Å². The van der Waals surface area contributed by atoms with Gasteiger partial charge in [-0.25, -0.2) is 9.50 Å². The van der Waals surface area contributed by atoms with E-state index in [1.807, 2.05) is 10.7 Å². The van der Waals surface area contributed by atoms with Crippen molar-refractivity contribution in [3.8, 4) is 10.6 Å². The van der Waals surface area contributed by atoms with Gasteiger partial charge in [-0.05, 0) is 48.4 Å². The molecule has 0 radical (unpaired) electrons. The number of benzene rings is 1. The van der Waals surface area contributed by atoms with Gasteiger partial charge in [0.25, 0.3) is 0 Å². The van der Waals surface area contributed by atoms with Gasteiger partial charge in [0.2, 0.25) is 0 Å². The molecule has 0 bridgehead atoms. The fourth-order valence-corrected chi connectivity index (χ4v) is 4.76. The molecule has 1 atom stereocenters. The second-order valence-corrected chi connectivity index (χ2v) is 8.03. The Morgan fingerprint density at radius 3 is 2.96 bits per heavy atom. The van der Waals surface area contributed by atoms with Crippen LogP contribution in [0.3, 0.4) is 0 Å². The van der Waals surface area contributed by atoms with Crippen LogP contribution in [0.25, 0.3) is 26.3 Å². The topological polar surface area (TPSA) is 33.4 Å². The minimum Gasteiger partial charge on any atom is -0.355 e. The molecule has 0 saturated carbocycles. The molecule has 1 aromatic carbocycles. The average Bonchev–Trinajstić information content (AvgIpc) is 3.24. The SMILES string of the molecule is CC1CCCN(c2ccc3ncc(-c4cc5ccccc5s4)n3n2)C1. The number of rotatable bonds is 2. The van der Waals surface area contributed by atoms with Crippen molar-refractivity contribution in [1.29, 1.82) is 0 Å². The normalized spacial score (nSPS) is 18.3. The van der Waals surface area contributed by atoms with E-state index >= 15 is 0 Å². The minimum absolute atomic E-state index is 0.732. The quantitative estimate of drug-likeness (QED) is 0.519. The molecule has 0 spiro atoms. The summed E-state index contributed by atoms with van der Waals surface area (Å²) in [6.45, 7) is 4.51. The highest BCUT2D eigenvalue weighted by molar-refractivity contribution is 7.22. The minimum atomic E-state index is 0.732. The maximum atomic E-state index is 4.93. The lowest BCUT2D eigenvalue weighted by atomic mass is 10.0. The van der Waals surface area contributed by atoms with Crippen molar-refractivity contribution in [2.24, 2.45) is 5.92 Å². The van der Waals surface area contributed by atoms with Crippen molar-refractivity contribution in [1.82, 2.24) is 14.6 Å². The van der Waals surface area contributed by atoms with Gasteiger partial charge < -0.3 is 4.90 Å². The molecule has 3 aromatic heterocycles. The summed E-state index contributed by atoms with van der Waals surface area (Å²) in [5.41, 5.74) is 1.98. The van der Waals surface area contributed by atoms with Gasteiger partial charge in [-0.1, -0.05) is 25.1 Å². The number of aromatic nitrogens is 3. The first kappa shape index (κ1) is 14.9. The Hall–Kier alpha value is -2.40. The van der Waals surface area contributed by atoms with E-state index < -0.39 is 0 Å². The molecule has 1 saturated heterocycles. The molecule has 1 aliphatic rings. The Morgan fingerprint density at radius 2 is 2.08 bits per heavy atom. The number of imidazole rings is 1. The first-order valence-electron chi connectivity index (χ1n) is 8.86. The van der Waals surface area contributed by atoms with E-state index in [-0.39, 0.29) is 0 Å². The largest absolute Gasteiger partial charge is 0.355 e. The third-order valence-corrected chi connectivity index (χ3v) is 6.15. The second-order valence-electron chi connectivity index (χ2n) is 6.95. The Kier molecular flexibility index (Phi) is 3.48. The van der Waals surface area contributed by atoms with Gasteiger partial charge in [-0.15, -0.1) is 16.4 Å². The van der Waals surface area contributed by atoms with Crippen LogP contribution in [0.2, 0.25) is 0 Å². The zero-order valence-corrected chi connectivity index (χ0v) is 15.0. The van der Waals surface area contributed by atoms with Gasteiger partial charge in [0.15, 0.2) is 5.65 Å². The van der Waals surface area contributed by atoms with Crippen LogP contribution in [0.1, 0.15) is 19.8 Å². The fourth-order valence-electron chi connectivity index (χ4n) is 3.71. The Balaban J connectivity index is 1.60. The second kappa shape index (κ2) is 5.85. The Labute approximate surface area is 150 Å². The maximum Gasteiger partial charge on any atom is 0.154 e. The average molecular weight is 348 g/mol. The fraction of sp³-hybridized carbons (Fsp3) is 0.300. The van der Waals surface area contributed by atoms with Crippen LogP contribution >= 0.6 is 11.3 Å². The predicted molar refractivity (Wildman–Crippen MR) is 104 cm³/mol. The van der Waals surface area contributed by atoms with Crippen molar-refractivity contribution < 1.29 is 0 Å². The van der Waals surface area contributed by atoms with E-state index in [0.29, 0.717) is 0 Å². The Morgan fingerprint density at radius 1 is 1.16 bits per heavy atom. The number of hydrogen-bond acceptors (Lipinski definition) is 4. The number of anilines is 1. The van der Waals surface area contributed by atoms with E-state index in [1.165, 1.54) is 27.8 Å². The van der Waals surface area contributed by atoms with Gasteiger partial charge in [-0.2, -0.15) is 0 Å². The van der Waals surface area contributed by atoms with Gasteiger partial charge in [0.1, 0.15) is 11.5 Å². The number of thiophene rings is 1. The molecule has 5 heteroatoms. The van der Waals surface area contributed by atoms with Crippen LogP contribution in [-0.2, 0) is 0 Å². The first-order chi connectivity index (χ1) is 12.3. The molecule has 4 nitrogen and oxygen atoms in total. The first-order valence-corrected chi connectivity index (χ1v) is 9.68. The lowest BCUT2D eigenvalue weighted by Gasteiger charge is -2.31. The molecular weight excluding hydrogens is 328 g/mol. The summed E-state index contributed by atoms with van der Waals surface area (Å²) < 4.78 is 3.30. The van der Waals surface area contributed by atoms with Crippen LogP contribution in [0.15, 0.2) is 48.7 Å². The van der Waals surface area contributed by atoms with E-state index in [9.17, 15) is 0 Å². The molecule has 0 N–H and O–H groups in total. The molecule has 4 heterocycles. The third kappa shape index (κ3) is 2.59. The molecule has 25 heavy (non-hydrogen) atoms. The zero-order valence-electron chi connectivity index (χ0n) is 14.2. The van der Waals surface area contributed by atoms with Gasteiger partial charge in [0, 0.05) is 17.8 Å². The van der Waals surface area contributed by atoms with E-state index in [1.54, 1.807) is 11.3 Å². The summed E-state index contributed by atoms with van der Waals surface area (Å²) in [4.78, 5) is 8.17. The van der Waals surface area contributed by atoms with E-state index in [4.69, 9.17) is 5.10 Å². The van der Waals surface area contributed by atoms with Crippen LogP contribution in [0.5, 0.6) is 0 Å². The standard InChI is InChI=1S/C20H20N4S/c1-14-5-4-10-23(13-14)20-9-8-19-21-12-16(24(19)22-20)18-11-15-6-2-3-7-17(15)25-18/h2-3,6-9,11-12,14H,4-5,10,13H2,1H3. The smallest absolute Gasteiger partial charge is 0.154 e. The van der Waals surface area contributed by atoms with E-state index in [0.717, 1.165) is 36.2 Å². The van der Waals surface area contributed by atoms with Gasteiger partial charge in [0.05, 0.1) is 11.1 Å². The van der Waals surface area contributed by atoms with Crippen LogP contribution in [0.4, 0.5) is 5.82 Å². The number of nitrogens with zero attached hydrogens (tertiary/aromatic N) is 4. The van der Waals surface area contributed by atoms with Crippen LogP contribution in [0, 0.1) is 5.92 Å². The van der Waals surface area contributed by atoms with Crippen molar-refractivity contribution in [3.05, 3.63) is 48.7 Å². The molecular formula is C20H20N4S. The molecule has 1 aliphatic heterocycles. The Bertz CT molecular complexity index is 1020. The van der Waals surface area contributed by atoms with Gasteiger partial charge in [-0.3, -0.25) is 0 Å². The van der Waals surface area contributed by atoms with Crippen molar-refractivity contribution in [2.75, 3.05) is 18.0 Å². The summed E-state index contributed by atoms with van der Waals surface area (Å²) in [6, 6.07) is 14.9. The molecule has 1 fully saturated rings. The summed E-state index contributed by atoms with van der Waals surface area (Å²) >= 11 is 1.80. The van der Waals surface area contributed by atoms with Crippen LogP contribution in [-0.4, -0.2) is 27.7 Å². The molecule has 5 rings (SSSR count). The highest BCUT2D eigenvalue weighted by Crippen LogP contribution is 2.33. The molecule has 126 valence electrons. The molecule has 1 unspecified atom stereocenters. The lowest BCUT2D eigenvalue weighted by Crippen LogP contribution is -2.35. The van der Waals surface area contributed by atoms with Crippen molar-refractivity contribution in [3.63, 3.8) is 0 Å². The summed E-state index contributed by atoms with van der Waals surface area (Å²) in [6.07, 6.45) is 4.50. The number of piperidine rings is 1. The number of hydrogen-bond donors (Lipinski definition) is 0. The summed E-state index contributed by atoms with van der Waals surface area (Å²) in [5.74, 6) is 1.79. The monoisotopic (exact) mass is 348 g/mol. The molecule has 0 aliphatic carbocycles. The highest BCUT2D eigenvalue weighted by Gasteiger charge is 2.19. The summed E-state index contributed by atoms with van der Waals surface area (Å²) in [5, 5.41) is 6.20. The lowest BCUT2D eigenvalue weighted by molar-refractivity contribution is 0.443. The van der Waals surface area contributed by atoms with Crippen molar-refractivity contribution in [2.45, 2.75) is 19.8 Å². The summed E-state index contributed by atoms with van der Waals surface area (Å²) in [7, 11) is 0. The zero-order chi connectivity index (χ0) is 16.8. The third-order valence-electron chi connectivity index (χ3n) is 5.01. The molecule has 0 amide bonds. The highest BCUT2D eigenvalue weighted by atomic mass is 32.1.